The van der Waals surface area contributed by atoms with E-state index in [0.717, 1.165) is 15.1 Å². The van der Waals surface area contributed by atoms with Gasteiger partial charge in [-0.1, -0.05) is 0 Å². The number of nitrogens with zero attached hydrogens (tertiary/aromatic N) is 8. The smallest absolute Gasteiger partial charge is 0.406 e. The van der Waals surface area contributed by atoms with Crippen LogP contribution in [0, 0.1) is 41.7 Å². The third-order valence-corrected chi connectivity index (χ3v) is 6.46. The van der Waals surface area contributed by atoms with E-state index in [4.69, 9.17) is 6.42 Å². The maximum absolute atomic E-state index is 12.2. The molecular formula is C34H23F6IN8O2. The predicted molar refractivity (Wildman–Crippen MR) is 181 cm³/mol. The molecule has 0 aliphatic heterocycles. The molecule has 0 amide bonds. The molecule has 4 aromatic heterocycles. The first-order chi connectivity index (χ1) is 24.2. The molecule has 10 nitrogen and oxygen atoms in total. The highest BCUT2D eigenvalue weighted by Gasteiger charge is 2.31. The number of alkyl halides is 6. The Hall–Kier alpha value is -5.95. The van der Waals surface area contributed by atoms with Crippen molar-refractivity contribution in [2.45, 2.75) is 26.6 Å². The molecule has 2 aromatic carbocycles. The van der Waals surface area contributed by atoms with E-state index < -0.39 is 12.7 Å². The van der Waals surface area contributed by atoms with Gasteiger partial charge in [0.25, 0.3) is 0 Å². The fourth-order valence-electron chi connectivity index (χ4n) is 3.93. The van der Waals surface area contributed by atoms with E-state index in [9.17, 15) is 26.3 Å². The number of hydrogen-bond donors (Lipinski definition) is 0. The lowest BCUT2D eigenvalue weighted by Crippen LogP contribution is -2.17. The molecule has 0 aliphatic carbocycles. The van der Waals surface area contributed by atoms with Gasteiger partial charge in [-0.2, -0.15) is 10.2 Å². The maximum Gasteiger partial charge on any atom is 0.573 e. The Labute approximate surface area is 300 Å². The second-order valence-electron chi connectivity index (χ2n) is 9.73. The van der Waals surface area contributed by atoms with Gasteiger partial charge < -0.3 is 9.47 Å². The van der Waals surface area contributed by atoms with Crippen LogP contribution in [-0.4, -0.2) is 52.2 Å². The lowest BCUT2D eigenvalue weighted by atomic mass is 10.3. The molecule has 0 N–H and O–H groups in total. The van der Waals surface area contributed by atoms with Gasteiger partial charge in [0.2, 0.25) is 11.6 Å². The van der Waals surface area contributed by atoms with E-state index in [-0.39, 0.29) is 11.5 Å². The Morgan fingerprint density at radius 1 is 0.627 bits per heavy atom. The molecule has 51 heavy (non-hydrogen) atoms. The van der Waals surface area contributed by atoms with E-state index in [1.807, 2.05) is 19.9 Å². The van der Waals surface area contributed by atoms with Gasteiger partial charge in [0.1, 0.15) is 20.9 Å². The van der Waals surface area contributed by atoms with Gasteiger partial charge in [0.15, 0.2) is 0 Å². The van der Waals surface area contributed by atoms with Crippen molar-refractivity contribution in [2.75, 3.05) is 0 Å². The zero-order valence-corrected chi connectivity index (χ0v) is 28.5. The molecule has 260 valence electrons. The minimum absolute atomic E-state index is 0.245. The molecule has 0 radical (unpaired) electrons. The van der Waals surface area contributed by atoms with Gasteiger partial charge in [-0.05, 0) is 127 Å². The van der Waals surface area contributed by atoms with Crippen molar-refractivity contribution in [3.05, 3.63) is 130 Å². The summed E-state index contributed by atoms with van der Waals surface area (Å²) < 4.78 is 84.2. The fraction of sp³-hybridized carbons (Fsp3) is 0.118. The van der Waals surface area contributed by atoms with Crippen molar-refractivity contribution in [1.82, 2.24) is 39.5 Å². The van der Waals surface area contributed by atoms with Crippen molar-refractivity contribution >= 4 is 22.6 Å². The van der Waals surface area contributed by atoms with Gasteiger partial charge in [-0.25, -0.2) is 29.3 Å². The Balaban J connectivity index is 0.000000194. The van der Waals surface area contributed by atoms with Crippen LogP contribution in [0.3, 0.4) is 0 Å². The first-order valence-electron chi connectivity index (χ1n) is 14.2. The quantitative estimate of drug-likeness (QED) is 0.103. The van der Waals surface area contributed by atoms with E-state index in [2.05, 4.69) is 80.0 Å². The molecule has 0 fully saturated rings. The molecule has 6 aromatic rings. The average molecular weight is 817 g/mol. The Morgan fingerprint density at radius 2 is 1.06 bits per heavy atom. The second-order valence-corrected chi connectivity index (χ2v) is 10.8. The summed E-state index contributed by atoms with van der Waals surface area (Å²) in [6.07, 6.45) is 1.99. The predicted octanol–water partition coefficient (Wildman–Crippen LogP) is 7.41. The summed E-state index contributed by atoms with van der Waals surface area (Å²) in [6.45, 7) is 3.69. The summed E-state index contributed by atoms with van der Waals surface area (Å²) in [5.74, 6) is 8.23. The Morgan fingerprint density at radius 3 is 1.45 bits per heavy atom. The monoisotopic (exact) mass is 816 g/mol. The van der Waals surface area contributed by atoms with Crippen LogP contribution in [0.1, 0.15) is 28.7 Å². The fourth-order valence-corrected chi connectivity index (χ4v) is 4.60. The van der Waals surface area contributed by atoms with E-state index in [1.165, 1.54) is 48.5 Å². The van der Waals surface area contributed by atoms with Gasteiger partial charge in [0.05, 0.1) is 11.4 Å². The third-order valence-electron chi connectivity index (χ3n) is 5.94. The normalized spacial score (nSPS) is 10.7. The average Bonchev–Trinajstić information content (AvgIpc) is 3.64. The first kappa shape index (κ1) is 37.9. The number of terminal acetylenes is 1. The standard InChI is InChI=1S/C17H11F3N4O.C11H8F3IN2O.C6H4N2/c1-12-11-13(3-8-16-21-9-2-10-22-16)23-24(12)14-4-6-15(7-5-14)25-17(18,19)20;1-7-6-10(15)16-17(7)8-2-4-9(5-3-8)18-11(12,13)14;1-2-6-7-4-3-5-8-6/h2,4-7,9-11H,1H3;2-6H,1H3;1,3-5H. The van der Waals surface area contributed by atoms with Crippen LogP contribution < -0.4 is 9.47 Å². The summed E-state index contributed by atoms with van der Waals surface area (Å²) in [6, 6.07) is 18.0. The molecule has 17 heteroatoms. The van der Waals surface area contributed by atoms with Gasteiger partial charge in [-0.3, -0.25) is 0 Å². The van der Waals surface area contributed by atoms with E-state index in [0.29, 0.717) is 28.7 Å². The number of ether oxygens (including phenoxy) is 2. The number of aromatic nitrogens is 8. The number of benzene rings is 2. The summed E-state index contributed by atoms with van der Waals surface area (Å²) in [5, 5.41) is 8.55. The molecule has 4 heterocycles. The van der Waals surface area contributed by atoms with Crippen LogP contribution in [0.25, 0.3) is 11.4 Å². The molecule has 0 saturated heterocycles. The molecule has 0 aliphatic rings. The number of rotatable bonds is 4. The molecule has 0 atom stereocenters. The molecule has 0 unspecified atom stereocenters. The summed E-state index contributed by atoms with van der Waals surface area (Å²) in [4.78, 5) is 15.5. The molecular weight excluding hydrogens is 793 g/mol. The topological polar surface area (TPSA) is 106 Å². The minimum Gasteiger partial charge on any atom is -0.406 e. The van der Waals surface area contributed by atoms with Crippen LogP contribution >= 0.6 is 22.6 Å². The molecule has 0 bridgehead atoms. The minimum atomic E-state index is -4.72. The first-order valence-corrected chi connectivity index (χ1v) is 15.3. The van der Waals surface area contributed by atoms with Crippen molar-refractivity contribution in [3.8, 4) is 47.1 Å². The van der Waals surface area contributed by atoms with Gasteiger partial charge >= 0.3 is 12.7 Å². The second kappa shape index (κ2) is 17.1. The summed E-state index contributed by atoms with van der Waals surface area (Å²) in [5.41, 5.74) is 3.47. The highest BCUT2D eigenvalue weighted by Crippen LogP contribution is 2.25. The van der Waals surface area contributed by atoms with Crippen LogP contribution in [-0.2, 0) is 0 Å². The lowest BCUT2D eigenvalue weighted by Gasteiger charge is -2.09. The maximum atomic E-state index is 12.2. The molecule has 0 saturated carbocycles. The zero-order chi connectivity index (χ0) is 37.0. The highest BCUT2D eigenvalue weighted by molar-refractivity contribution is 14.1. The summed E-state index contributed by atoms with van der Waals surface area (Å²) in [7, 11) is 0. The summed E-state index contributed by atoms with van der Waals surface area (Å²) >= 11 is 2.07. The van der Waals surface area contributed by atoms with Crippen molar-refractivity contribution in [1.29, 1.82) is 0 Å². The largest absolute Gasteiger partial charge is 0.573 e. The number of aryl methyl sites for hydroxylation is 2. The van der Waals surface area contributed by atoms with Crippen LogP contribution in [0.5, 0.6) is 11.5 Å². The van der Waals surface area contributed by atoms with E-state index in [1.54, 1.807) is 52.4 Å². The van der Waals surface area contributed by atoms with Crippen LogP contribution in [0.15, 0.2) is 97.6 Å². The van der Waals surface area contributed by atoms with E-state index >= 15 is 0 Å². The highest BCUT2D eigenvalue weighted by atomic mass is 127. The molecule has 0 spiro atoms. The third kappa shape index (κ3) is 12.5. The SMILES string of the molecule is C#Cc1ncccn1.Cc1cc(C#Cc2ncccn2)nn1-c1ccc(OC(F)(F)F)cc1.Cc1cc(I)nn1-c1ccc(OC(F)(F)F)cc1. The van der Waals surface area contributed by atoms with Crippen molar-refractivity contribution < 1.29 is 35.8 Å². The van der Waals surface area contributed by atoms with Crippen LogP contribution in [0.2, 0.25) is 0 Å². The lowest BCUT2D eigenvalue weighted by molar-refractivity contribution is -0.275. The van der Waals surface area contributed by atoms with Gasteiger partial charge in [0, 0.05) is 36.2 Å². The Kier molecular flexibility index (Phi) is 12.7. The zero-order valence-electron chi connectivity index (χ0n) is 26.4. The number of halogens is 7. The number of hydrogen-bond acceptors (Lipinski definition) is 8. The van der Waals surface area contributed by atoms with Crippen molar-refractivity contribution in [3.63, 3.8) is 0 Å². The van der Waals surface area contributed by atoms with Crippen LogP contribution in [0.4, 0.5) is 26.3 Å². The Bertz CT molecular complexity index is 2120. The molecule has 6 rings (SSSR count). The van der Waals surface area contributed by atoms with Crippen molar-refractivity contribution in [2.24, 2.45) is 0 Å². The van der Waals surface area contributed by atoms with Gasteiger partial charge in [-0.15, -0.1) is 32.8 Å².